The van der Waals surface area contributed by atoms with Gasteiger partial charge in [-0.05, 0) is 38.6 Å². The molecule has 4 heteroatoms. The third kappa shape index (κ3) is 2.26. The van der Waals surface area contributed by atoms with E-state index < -0.39 is 0 Å². The van der Waals surface area contributed by atoms with Crippen molar-refractivity contribution in [1.82, 2.24) is 9.97 Å². The van der Waals surface area contributed by atoms with Crippen molar-refractivity contribution in [2.75, 3.05) is 18.4 Å². The van der Waals surface area contributed by atoms with Crippen molar-refractivity contribution in [1.29, 1.82) is 0 Å². The number of nitrogens with zero attached hydrogens (tertiary/aromatic N) is 2. The summed E-state index contributed by atoms with van der Waals surface area (Å²) in [6.07, 6.45) is 4.25. The van der Waals surface area contributed by atoms with Gasteiger partial charge in [-0.2, -0.15) is 0 Å². The van der Waals surface area contributed by atoms with Crippen LogP contribution in [-0.4, -0.2) is 23.1 Å². The molecule has 0 unspecified atom stereocenters. The molecule has 1 aromatic rings. The lowest BCUT2D eigenvalue weighted by atomic mass is 10.1. The Hall–Kier alpha value is -1.16. The Morgan fingerprint density at radius 1 is 1.47 bits per heavy atom. The first kappa shape index (κ1) is 10.4. The number of hydrogen-bond acceptors (Lipinski definition) is 4. The van der Waals surface area contributed by atoms with E-state index in [9.17, 15) is 0 Å². The van der Waals surface area contributed by atoms with E-state index in [0.29, 0.717) is 5.41 Å². The zero-order valence-corrected chi connectivity index (χ0v) is 9.38. The van der Waals surface area contributed by atoms with Gasteiger partial charge in [-0.3, -0.25) is 4.98 Å². The minimum Gasteiger partial charge on any atom is -0.368 e. The highest BCUT2D eigenvalue weighted by Gasteiger charge is 2.40. The Morgan fingerprint density at radius 3 is 2.80 bits per heavy atom. The van der Waals surface area contributed by atoms with Crippen LogP contribution in [0.4, 0.5) is 5.82 Å². The average molecular weight is 206 g/mol. The minimum absolute atomic E-state index is 0.331. The van der Waals surface area contributed by atoms with Gasteiger partial charge in [-0.25, -0.2) is 4.98 Å². The highest BCUT2D eigenvalue weighted by Crippen LogP contribution is 2.44. The molecule has 1 aromatic heterocycles. The van der Waals surface area contributed by atoms with Gasteiger partial charge < -0.3 is 11.1 Å². The molecule has 1 aliphatic carbocycles. The molecule has 0 aliphatic heterocycles. The monoisotopic (exact) mass is 206 g/mol. The summed E-state index contributed by atoms with van der Waals surface area (Å²) in [4.78, 5) is 8.69. The van der Waals surface area contributed by atoms with Crippen LogP contribution in [0.5, 0.6) is 0 Å². The van der Waals surface area contributed by atoms with Gasteiger partial charge >= 0.3 is 0 Å². The molecule has 1 aliphatic rings. The molecule has 0 amide bonds. The minimum atomic E-state index is 0.331. The van der Waals surface area contributed by atoms with Gasteiger partial charge in [-0.1, -0.05) is 0 Å². The lowest BCUT2D eigenvalue weighted by molar-refractivity contribution is 0.554. The van der Waals surface area contributed by atoms with Crippen LogP contribution in [0.15, 0.2) is 6.20 Å². The maximum atomic E-state index is 5.72. The molecule has 1 saturated carbocycles. The molecule has 0 aromatic carbocycles. The lowest BCUT2D eigenvalue weighted by Crippen LogP contribution is -2.25. The van der Waals surface area contributed by atoms with E-state index in [1.54, 1.807) is 6.20 Å². The largest absolute Gasteiger partial charge is 0.368 e. The first-order chi connectivity index (χ1) is 7.15. The van der Waals surface area contributed by atoms with Crippen molar-refractivity contribution >= 4 is 5.82 Å². The van der Waals surface area contributed by atoms with Gasteiger partial charge in [0.1, 0.15) is 5.82 Å². The lowest BCUT2D eigenvalue weighted by Gasteiger charge is -2.14. The number of rotatable bonds is 4. The van der Waals surface area contributed by atoms with Crippen molar-refractivity contribution in [3.05, 3.63) is 17.6 Å². The van der Waals surface area contributed by atoms with Crippen molar-refractivity contribution < 1.29 is 0 Å². The van der Waals surface area contributed by atoms with Crippen LogP contribution < -0.4 is 11.1 Å². The summed E-state index contributed by atoms with van der Waals surface area (Å²) in [5.74, 6) is 0.898. The van der Waals surface area contributed by atoms with Crippen LogP contribution >= 0.6 is 0 Å². The van der Waals surface area contributed by atoms with Gasteiger partial charge in [0, 0.05) is 12.7 Å². The standard InChI is InChI=1S/C11H18N4/c1-8-5-13-9(2)10(15-8)14-7-11(6-12)3-4-11/h5H,3-4,6-7,12H2,1-2H3,(H,14,15). The molecular formula is C11H18N4. The molecule has 0 bridgehead atoms. The van der Waals surface area contributed by atoms with E-state index in [0.717, 1.165) is 30.3 Å². The number of hydrogen-bond donors (Lipinski definition) is 2. The second-order valence-corrected chi connectivity index (χ2v) is 4.50. The van der Waals surface area contributed by atoms with Crippen LogP contribution in [0.3, 0.4) is 0 Å². The van der Waals surface area contributed by atoms with E-state index in [1.165, 1.54) is 12.8 Å². The van der Waals surface area contributed by atoms with Crippen LogP contribution in [0.25, 0.3) is 0 Å². The van der Waals surface area contributed by atoms with E-state index >= 15 is 0 Å². The molecule has 2 rings (SSSR count). The van der Waals surface area contributed by atoms with Gasteiger partial charge in [-0.15, -0.1) is 0 Å². The van der Waals surface area contributed by atoms with Crippen LogP contribution in [0, 0.1) is 19.3 Å². The highest BCUT2D eigenvalue weighted by atomic mass is 15.0. The van der Waals surface area contributed by atoms with Crippen molar-refractivity contribution in [3.63, 3.8) is 0 Å². The normalized spacial score (nSPS) is 17.5. The van der Waals surface area contributed by atoms with Crippen molar-refractivity contribution in [2.24, 2.45) is 11.1 Å². The van der Waals surface area contributed by atoms with Gasteiger partial charge in [0.25, 0.3) is 0 Å². The first-order valence-corrected chi connectivity index (χ1v) is 5.39. The second-order valence-electron chi connectivity index (χ2n) is 4.50. The fourth-order valence-corrected chi connectivity index (χ4v) is 1.61. The molecule has 4 nitrogen and oxygen atoms in total. The topological polar surface area (TPSA) is 63.8 Å². The van der Waals surface area contributed by atoms with Gasteiger partial charge in [0.15, 0.2) is 0 Å². The molecule has 3 N–H and O–H groups in total. The fourth-order valence-electron chi connectivity index (χ4n) is 1.61. The van der Waals surface area contributed by atoms with E-state index in [1.807, 2.05) is 13.8 Å². The molecule has 82 valence electrons. The summed E-state index contributed by atoms with van der Waals surface area (Å²) >= 11 is 0. The summed E-state index contributed by atoms with van der Waals surface area (Å²) in [5, 5.41) is 3.35. The Morgan fingerprint density at radius 2 is 2.20 bits per heavy atom. The van der Waals surface area contributed by atoms with Crippen molar-refractivity contribution in [3.8, 4) is 0 Å². The molecule has 0 saturated heterocycles. The predicted octanol–water partition coefficient (Wildman–Crippen LogP) is 1.24. The van der Waals surface area contributed by atoms with Gasteiger partial charge in [0.2, 0.25) is 0 Å². The van der Waals surface area contributed by atoms with E-state index in [2.05, 4.69) is 15.3 Å². The van der Waals surface area contributed by atoms with Crippen LogP contribution in [0.2, 0.25) is 0 Å². The quantitative estimate of drug-likeness (QED) is 0.778. The number of nitrogens with one attached hydrogen (secondary N) is 1. The van der Waals surface area contributed by atoms with E-state index in [4.69, 9.17) is 5.73 Å². The van der Waals surface area contributed by atoms with Crippen LogP contribution in [0.1, 0.15) is 24.2 Å². The Labute approximate surface area is 90.3 Å². The zero-order chi connectivity index (χ0) is 10.9. The first-order valence-electron chi connectivity index (χ1n) is 5.39. The van der Waals surface area contributed by atoms with Crippen molar-refractivity contribution in [2.45, 2.75) is 26.7 Å². The Bertz CT molecular complexity index is 358. The number of aryl methyl sites for hydroxylation is 2. The average Bonchev–Trinajstić information content (AvgIpc) is 3.00. The Kier molecular flexibility index (Phi) is 2.61. The number of anilines is 1. The molecule has 0 radical (unpaired) electrons. The maximum Gasteiger partial charge on any atom is 0.147 e. The number of aromatic nitrogens is 2. The second kappa shape index (κ2) is 3.77. The highest BCUT2D eigenvalue weighted by molar-refractivity contribution is 5.40. The Balaban J connectivity index is 2.01. The summed E-state index contributed by atoms with van der Waals surface area (Å²) in [7, 11) is 0. The summed E-state index contributed by atoms with van der Waals surface area (Å²) in [5.41, 5.74) is 7.95. The molecule has 0 spiro atoms. The fraction of sp³-hybridized carbons (Fsp3) is 0.636. The summed E-state index contributed by atoms with van der Waals surface area (Å²) in [6, 6.07) is 0. The third-order valence-corrected chi connectivity index (χ3v) is 3.10. The SMILES string of the molecule is Cc1cnc(C)c(NCC2(CN)CC2)n1. The van der Waals surface area contributed by atoms with E-state index in [-0.39, 0.29) is 0 Å². The molecule has 0 atom stereocenters. The predicted molar refractivity (Wildman–Crippen MR) is 60.7 cm³/mol. The molecule has 1 heterocycles. The molecular weight excluding hydrogens is 188 g/mol. The number of nitrogens with two attached hydrogens (primary N) is 1. The molecule has 15 heavy (non-hydrogen) atoms. The summed E-state index contributed by atoms with van der Waals surface area (Å²) < 4.78 is 0. The summed E-state index contributed by atoms with van der Waals surface area (Å²) in [6.45, 7) is 5.60. The zero-order valence-electron chi connectivity index (χ0n) is 9.38. The maximum absolute atomic E-state index is 5.72. The molecule has 1 fully saturated rings. The third-order valence-electron chi connectivity index (χ3n) is 3.10. The smallest absolute Gasteiger partial charge is 0.147 e. The van der Waals surface area contributed by atoms with Crippen LogP contribution in [-0.2, 0) is 0 Å². The van der Waals surface area contributed by atoms with Gasteiger partial charge in [0.05, 0.1) is 11.4 Å².